The predicted octanol–water partition coefficient (Wildman–Crippen LogP) is 1.29. The van der Waals surface area contributed by atoms with Crippen LogP contribution in [0.15, 0.2) is 29.8 Å². The molecule has 2 aromatic rings. The summed E-state index contributed by atoms with van der Waals surface area (Å²) in [4.78, 5) is 12.8. The second-order valence-corrected chi connectivity index (χ2v) is 4.60. The van der Waals surface area contributed by atoms with Gasteiger partial charge in [-0.2, -0.15) is 5.10 Å². The van der Waals surface area contributed by atoms with Gasteiger partial charge in [0.25, 0.3) is 0 Å². The monoisotopic (exact) mass is 235 g/mol. The van der Waals surface area contributed by atoms with Crippen LogP contribution in [0.25, 0.3) is 0 Å². The third kappa shape index (κ3) is 2.37. The third-order valence-corrected chi connectivity index (χ3v) is 3.28. The van der Waals surface area contributed by atoms with Gasteiger partial charge in [-0.15, -0.1) is 11.3 Å². The largest absolute Gasteiger partial charge is 0.317 e. The van der Waals surface area contributed by atoms with Crippen molar-refractivity contribution in [3.05, 3.63) is 40.3 Å². The van der Waals surface area contributed by atoms with Crippen LogP contribution in [0.1, 0.15) is 16.6 Å². The molecule has 84 valence electrons. The molecule has 0 spiro atoms. The molecule has 0 aliphatic heterocycles. The predicted molar refractivity (Wildman–Crippen MR) is 63.2 cm³/mol. The topological polar surface area (TPSA) is 60.9 Å². The first-order valence-corrected chi connectivity index (χ1v) is 5.85. The number of hydrogen-bond acceptors (Lipinski definition) is 4. The molecule has 0 saturated carbocycles. The number of ketones is 1. The van der Waals surface area contributed by atoms with Gasteiger partial charge in [-0.3, -0.25) is 9.48 Å². The van der Waals surface area contributed by atoms with E-state index in [2.05, 4.69) is 5.10 Å². The highest BCUT2D eigenvalue weighted by atomic mass is 32.1. The van der Waals surface area contributed by atoms with Crippen LogP contribution in [0.3, 0.4) is 0 Å². The van der Waals surface area contributed by atoms with Crippen molar-refractivity contribution in [1.82, 2.24) is 9.78 Å². The van der Waals surface area contributed by atoms with Crippen molar-refractivity contribution in [2.45, 2.75) is 12.5 Å². The lowest BCUT2D eigenvalue weighted by Crippen LogP contribution is -2.22. The normalized spacial score (nSPS) is 12.6. The number of Topliss-reactive ketones (excluding diaryl/α,β-unsaturated/α-hetero) is 1. The molecule has 0 aliphatic carbocycles. The molecule has 0 aliphatic rings. The van der Waals surface area contributed by atoms with E-state index in [1.165, 1.54) is 11.3 Å². The molecule has 2 heterocycles. The summed E-state index contributed by atoms with van der Waals surface area (Å²) >= 11 is 1.50. The number of nitrogens with two attached hydrogens (primary N) is 1. The van der Waals surface area contributed by atoms with E-state index in [1.54, 1.807) is 4.68 Å². The number of thiophene rings is 1. The Balaban J connectivity index is 2.03. The molecule has 2 aromatic heterocycles. The minimum Gasteiger partial charge on any atom is -0.317 e. The van der Waals surface area contributed by atoms with Gasteiger partial charge >= 0.3 is 0 Å². The van der Waals surface area contributed by atoms with E-state index in [4.69, 9.17) is 5.73 Å². The summed E-state index contributed by atoms with van der Waals surface area (Å²) in [5, 5.41) is 6.08. The van der Waals surface area contributed by atoms with Crippen molar-refractivity contribution >= 4 is 17.1 Å². The Bertz CT molecular complexity index is 475. The first-order valence-electron chi connectivity index (χ1n) is 4.97. The number of aryl methyl sites for hydroxylation is 1. The molecule has 0 bridgehead atoms. The summed E-state index contributed by atoms with van der Waals surface area (Å²) in [7, 11) is 1.83. The minimum absolute atomic E-state index is 0.00106. The average Bonchev–Trinajstić information content (AvgIpc) is 2.88. The Hall–Kier alpha value is -1.46. The van der Waals surface area contributed by atoms with Crippen molar-refractivity contribution < 1.29 is 4.79 Å². The van der Waals surface area contributed by atoms with E-state index in [-0.39, 0.29) is 5.78 Å². The molecule has 16 heavy (non-hydrogen) atoms. The molecule has 0 aromatic carbocycles. The molecule has 0 radical (unpaired) electrons. The quantitative estimate of drug-likeness (QED) is 0.868. The van der Waals surface area contributed by atoms with E-state index in [1.807, 2.05) is 36.8 Å². The van der Waals surface area contributed by atoms with Crippen LogP contribution in [0.5, 0.6) is 0 Å². The molecular formula is C11H13N3OS. The van der Waals surface area contributed by atoms with E-state index in [0.717, 1.165) is 10.6 Å². The maximum Gasteiger partial charge on any atom is 0.160 e. The maximum atomic E-state index is 11.9. The summed E-state index contributed by atoms with van der Waals surface area (Å²) in [5.74, 6) is 0.00106. The smallest absolute Gasteiger partial charge is 0.160 e. The molecule has 2 rings (SSSR count). The van der Waals surface area contributed by atoms with E-state index >= 15 is 0 Å². The highest BCUT2D eigenvalue weighted by Crippen LogP contribution is 2.18. The molecule has 1 unspecified atom stereocenters. The van der Waals surface area contributed by atoms with Crippen molar-refractivity contribution in [2.24, 2.45) is 12.8 Å². The fourth-order valence-electron chi connectivity index (χ4n) is 1.47. The molecule has 2 N–H and O–H groups in total. The molecular weight excluding hydrogens is 222 g/mol. The molecule has 5 heteroatoms. The lowest BCUT2D eigenvalue weighted by molar-refractivity contribution is -0.119. The van der Waals surface area contributed by atoms with Crippen molar-refractivity contribution in [2.75, 3.05) is 0 Å². The lowest BCUT2D eigenvalue weighted by Gasteiger charge is -2.06. The highest BCUT2D eigenvalue weighted by Gasteiger charge is 2.17. The van der Waals surface area contributed by atoms with Crippen molar-refractivity contribution in [3.63, 3.8) is 0 Å². The Labute approximate surface area is 97.7 Å². The zero-order chi connectivity index (χ0) is 11.5. The summed E-state index contributed by atoms with van der Waals surface area (Å²) in [5.41, 5.74) is 6.63. The van der Waals surface area contributed by atoms with Crippen LogP contribution in [-0.2, 0) is 18.3 Å². The zero-order valence-corrected chi connectivity index (χ0v) is 9.78. The van der Waals surface area contributed by atoms with E-state index in [9.17, 15) is 4.79 Å². The van der Waals surface area contributed by atoms with Gasteiger partial charge in [-0.25, -0.2) is 0 Å². The number of carbonyl (C=O) groups excluding carboxylic acids is 1. The van der Waals surface area contributed by atoms with Gasteiger partial charge in [-0.1, -0.05) is 6.07 Å². The summed E-state index contributed by atoms with van der Waals surface area (Å²) in [6.07, 6.45) is 2.11. The number of hydrogen-bond donors (Lipinski definition) is 1. The van der Waals surface area contributed by atoms with Gasteiger partial charge < -0.3 is 5.73 Å². The van der Waals surface area contributed by atoms with Crippen molar-refractivity contribution in [1.29, 1.82) is 0 Å². The van der Waals surface area contributed by atoms with Crippen LogP contribution < -0.4 is 5.73 Å². The van der Waals surface area contributed by atoms with E-state index < -0.39 is 6.04 Å². The van der Waals surface area contributed by atoms with Crippen LogP contribution in [0, 0.1) is 0 Å². The summed E-state index contributed by atoms with van der Waals surface area (Å²) in [6, 6.07) is 5.08. The van der Waals surface area contributed by atoms with Crippen molar-refractivity contribution in [3.8, 4) is 0 Å². The van der Waals surface area contributed by atoms with Gasteiger partial charge in [-0.05, 0) is 17.5 Å². The fraction of sp³-hybridized carbons (Fsp3) is 0.273. The van der Waals surface area contributed by atoms with Gasteiger partial charge in [0, 0.05) is 18.1 Å². The molecule has 1 atom stereocenters. The summed E-state index contributed by atoms with van der Waals surface area (Å²) < 4.78 is 1.68. The molecule has 0 saturated heterocycles. The molecule has 4 nitrogen and oxygen atoms in total. The minimum atomic E-state index is -0.526. The number of rotatable bonds is 4. The zero-order valence-electron chi connectivity index (χ0n) is 8.96. The average molecular weight is 235 g/mol. The first kappa shape index (κ1) is 11.0. The number of nitrogens with zero attached hydrogens (tertiary/aromatic N) is 2. The van der Waals surface area contributed by atoms with Crippen LogP contribution in [0.2, 0.25) is 0 Å². The van der Waals surface area contributed by atoms with Crippen LogP contribution >= 0.6 is 11.3 Å². The van der Waals surface area contributed by atoms with Gasteiger partial charge in [0.05, 0.1) is 18.2 Å². The van der Waals surface area contributed by atoms with E-state index in [0.29, 0.717) is 6.42 Å². The van der Waals surface area contributed by atoms with Gasteiger partial charge in [0.1, 0.15) is 0 Å². The van der Waals surface area contributed by atoms with Gasteiger partial charge in [0.2, 0.25) is 0 Å². The van der Waals surface area contributed by atoms with Crippen LogP contribution in [0.4, 0.5) is 0 Å². The Morgan fingerprint density at radius 3 is 3.00 bits per heavy atom. The third-order valence-electron chi connectivity index (χ3n) is 2.32. The van der Waals surface area contributed by atoms with Gasteiger partial charge in [0.15, 0.2) is 5.78 Å². The number of aromatic nitrogens is 2. The Morgan fingerprint density at radius 2 is 2.44 bits per heavy atom. The second kappa shape index (κ2) is 4.59. The summed E-state index contributed by atoms with van der Waals surface area (Å²) in [6.45, 7) is 0. The van der Waals surface area contributed by atoms with Crippen LogP contribution in [-0.4, -0.2) is 15.6 Å². The Morgan fingerprint density at radius 1 is 1.62 bits per heavy atom. The number of carbonyl (C=O) groups is 1. The Kier molecular flexibility index (Phi) is 3.17. The lowest BCUT2D eigenvalue weighted by atomic mass is 10.1. The maximum absolute atomic E-state index is 11.9. The molecule has 0 fully saturated rings. The molecule has 0 amide bonds. The fourth-order valence-corrected chi connectivity index (χ4v) is 2.22. The second-order valence-electron chi connectivity index (χ2n) is 3.62. The first-order chi connectivity index (χ1) is 7.66. The standard InChI is InChI=1S/C11H13N3OS/c1-14-5-4-8(13-14)7-9(15)11(12)10-3-2-6-16-10/h2-6,11H,7,12H2,1H3. The SMILES string of the molecule is Cn1ccc(CC(=O)C(N)c2cccs2)n1. The highest BCUT2D eigenvalue weighted by molar-refractivity contribution is 7.10.